The Morgan fingerprint density at radius 1 is 1.62 bits per heavy atom. The van der Waals surface area contributed by atoms with Crippen LogP contribution in [0.15, 0.2) is 29.0 Å². The van der Waals surface area contributed by atoms with Crippen molar-refractivity contribution in [2.45, 2.75) is 0 Å². The second kappa shape index (κ2) is 2.79. The zero-order valence-corrected chi connectivity index (χ0v) is 7.06. The number of imidazole rings is 1. The van der Waals surface area contributed by atoms with E-state index in [2.05, 4.69) is 4.98 Å². The van der Waals surface area contributed by atoms with Crippen molar-refractivity contribution in [2.75, 3.05) is 0 Å². The van der Waals surface area contributed by atoms with Crippen molar-refractivity contribution in [1.82, 2.24) is 9.55 Å². The van der Waals surface area contributed by atoms with Crippen LogP contribution < -0.4 is 0 Å². The molecule has 13 heavy (non-hydrogen) atoms. The number of hydrogen-bond acceptors (Lipinski definition) is 3. The number of hydrogen-bond donors (Lipinski definition) is 0. The van der Waals surface area contributed by atoms with Gasteiger partial charge in [-0.25, -0.2) is 4.98 Å². The molecule has 0 fully saturated rings. The highest BCUT2D eigenvalue weighted by Crippen LogP contribution is 2.17. The second-order valence-corrected chi connectivity index (χ2v) is 2.65. The molecule has 2 heterocycles. The third kappa shape index (κ3) is 1.20. The van der Waals surface area contributed by atoms with Gasteiger partial charge in [-0.2, -0.15) is 5.26 Å². The maximum Gasteiger partial charge on any atom is 0.177 e. The van der Waals surface area contributed by atoms with Crippen LogP contribution in [0.3, 0.4) is 0 Å². The number of nitrogens with zero attached hydrogens (tertiary/aromatic N) is 3. The molecule has 0 aliphatic carbocycles. The van der Waals surface area contributed by atoms with E-state index in [0.717, 1.165) is 0 Å². The third-order valence-electron chi connectivity index (χ3n) is 1.73. The quantitative estimate of drug-likeness (QED) is 0.657. The van der Waals surface area contributed by atoms with Crippen LogP contribution in [0.1, 0.15) is 5.69 Å². The fourth-order valence-corrected chi connectivity index (χ4v) is 1.15. The molecule has 0 radical (unpaired) electrons. The topological polar surface area (TPSA) is 54.8 Å². The van der Waals surface area contributed by atoms with E-state index in [1.165, 1.54) is 0 Å². The number of rotatable bonds is 1. The molecule has 2 aromatic heterocycles. The first-order chi connectivity index (χ1) is 6.31. The largest absolute Gasteiger partial charge is 0.461 e. The normalized spacial score (nSPS) is 9.85. The number of aromatic nitrogens is 2. The zero-order chi connectivity index (χ0) is 9.26. The van der Waals surface area contributed by atoms with Crippen molar-refractivity contribution in [3.05, 3.63) is 30.3 Å². The fraction of sp³-hybridized carbons (Fsp3) is 0.111. The van der Waals surface area contributed by atoms with E-state index in [1.54, 1.807) is 23.1 Å². The van der Waals surface area contributed by atoms with Gasteiger partial charge in [0.05, 0.1) is 6.26 Å². The summed E-state index contributed by atoms with van der Waals surface area (Å²) in [5.74, 6) is 1.34. The van der Waals surface area contributed by atoms with Gasteiger partial charge in [-0.1, -0.05) is 0 Å². The predicted molar refractivity (Wildman–Crippen MR) is 45.6 cm³/mol. The van der Waals surface area contributed by atoms with Gasteiger partial charge >= 0.3 is 0 Å². The van der Waals surface area contributed by atoms with Gasteiger partial charge in [0.1, 0.15) is 6.07 Å². The molecule has 0 spiro atoms. The SMILES string of the molecule is Cn1cc(C#N)nc1-c1ccco1. The van der Waals surface area contributed by atoms with Crippen molar-refractivity contribution >= 4 is 0 Å². The lowest BCUT2D eigenvalue weighted by Gasteiger charge is -1.94. The zero-order valence-electron chi connectivity index (χ0n) is 7.06. The van der Waals surface area contributed by atoms with Crippen LogP contribution in [0.5, 0.6) is 0 Å². The molecule has 0 N–H and O–H groups in total. The minimum absolute atomic E-state index is 0.397. The van der Waals surface area contributed by atoms with E-state index in [9.17, 15) is 0 Å². The van der Waals surface area contributed by atoms with Crippen molar-refractivity contribution in [1.29, 1.82) is 5.26 Å². The lowest BCUT2D eigenvalue weighted by atomic mass is 10.4. The van der Waals surface area contributed by atoms with Crippen LogP contribution in [0.2, 0.25) is 0 Å². The standard InChI is InChI=1S/C9H7N3O/c1-12-6-7(5-10)11-9(12)8-3-2-4-13-8/h2-4,6H,1H3. The van der Waals surface area contributed by atoms with Gasteiger partial charge in [-0.3, -0.25) is 0 Å². The van der Waals surface area contributed by atoms with Crippen LogP contribution >= 0.6 is 0 Å². The van der Waals surface area contributed by atoms with E-state index in [-0.39, 0.29) is 0 Å². The molecule has 0 aliphatic heterocycles. The molecule has 0 atom stereocenters. The van der Waals surface area contributed by atoms with E-state index >= 15 is 0 Å². The van der Waals surface area contributed by atoms with Gasteiger partial charge in [0.2, 0.25) is 0 Å². The fourth-order valence-electron chi connectivity index (χ4n) is 1.15. The highest BCUT2D eigenvalue weighted by Gasteiger charge is 2.08. The molecule has 0 bridgehead atoms. The average Bonchev–Trinajstić information content (AvgIpc) is 2.72. The van der Waals surface area contributed by atoms with Crippen LogP contribution in [-0.4, -0.2) is 9.55 Å². The van der Waals surface area contributed by atoms with E-state index < -0.39 is 0 Å². The van der Waals surface area contributed by atoms with Gasteiger partial charge < -0.3 is 8.98 Å². The summed E-state index contributed by atoms with van der Waals surface area (Å²) < 4.78 is 6.93. The van der Waals surface area contributed by atoms with Crippen LogP contribution in [0.4, 0.5) is 0 Å². The number of furan rings is 1. The first-order valence-electron chi connectivity index (χ1n) is 3.78. The highest BCUT2D eigenvalue weighted by molar-refractivity contribution is 5.48. The third-order valence-corrected chi connectivity index (χ3v) is 1.73. The van der Waals surface area contributed by atoms with E-state index in [0.29, 0.717) is 17.3 Å². The summed E-state index contributed by atoms with van der Waals surface area (Å²) in [6.07, 6.45) is 3.24. The smallest absolute Gasteiger partial charge is 0.177 e. The Kier molecular flexibility index (Phi) is 1.64. The average molecular weight is 173 g/mol. The van der Waals surface area contributed by atoms with Gasteiger partial charge in [0.15, 0.2) is 17.3 Å². The maximum atomic E-state index is 8.62. The summed E-state index contributed by atoms with van der Waals surface area (Å²) in [6, 6.07) is 5.57. The molecule has 0 unspecified atom stereocenters. The van der Waals surface area contributed by atoms with E-state index in [1.807, 2.05) is 19.2 Å². The summed E-state index contributed by atoms with van der Waals surface area (Å²) in [5.41, 5.74) is 0.397. The Hall–Kier alpha value is -2.02. The molecule has 2 aromatic rings. The molecular weight excluding hydrogens is 166 g/mol. The number of nitriles is 1. The first kappa shape index (κ1) is 7.62. The Balaban J connectivity index is 2.54. The monoisotopic (exact) mass is 173 g/mol. The molecule has 4 heteroatoms. The second-order valence-electron chi connectivity index (χ2n) is 2.65. The van der Waals surface area contributed by atoms with Crippen molar-refractivity contribution in [3.8, 4) is 17.7 Å². The lowest BCUT2D eigenvalue weighted by Crippen LogP contribution is -1.88. The molecule has 0 saturated heterocycles. The Labute approximate surface area is 75.0 Å². The lowest BCUT2D eigenvalue weighted by molar-refractivity contribution is 0.574. The highest BCUT2D eigenvalue weighted by atomic mass is 16.3. The summed E-state index contributed by atoms with van der Waals surface area (Å²) in [7, 11) is 1.83. The molecule has 4 nitrogen and oxygen atoms in total. The molecular formula is C9H7N3O. The Bertz CT molecular complexity index is 448. The van der Waals surface area contributed by atoms with E-state index in [4.69, 9.17) is 9.68 Å². The molecule has 64 valence electrons. The Morgan fingerprint density at radius 3 is 3.00 bits per heavy atom. The summed E-state index contributed by atoms with van der Waals surface area (Å²) in [6.45, 7) is 0. The van der Waals surface area contributed by atoms with Crippen LogP contribution in [-0.2, 0) is 7.05 Å². The van der Waals surface area contributed by atoms with Crippen molar-refractivity contribution < 1.29 is 4.42 Å². The van der Waals surface area contributed by atoms with Crippen molar-refractivity contribution in [2.24, 2.45) is 7.05 Å². The maximum absolute atomic E-state index is 8.62. The van der Waals surface area contributed by atoms with Crippen molar-refractivity contribution in [3.63, 3.8) is 0 Å². The summed E-state index contributed by atoms with van der Waals surface area (Å²) >= 11 is 0. The predicted octanol–water partition coefficient (Wildman–Crippen LogP) is 1.55. The van der Waals surface area contributed by atoms with Crippen LogP contribution in [0, 0.1) is 11.3 Å². The van der Waals surface area contributed by atoms with Gasteiger partial charge in [-0.15, -0.1) is 0 Å². The van der Waals surface area contributed by atoms with Gasteiger partial charge in [-0.05, 0) is 12.1 Å². The summed E-state index contributed by atoms with van der Waals surface area (Å²) in [4.78, 5) is 4.08. The summed E-state index contributed by atoms with van der Waals surface area (Å²) in [5, 5.41) is 8.62. The molecule has 2 rings (SSSR count). The first-order valence-corrected chi connectivity index (χ1v) is 3.78. The Morgan fingerprint density at radius 2 is 2.46 bits per heavy atom. The molecule has 0 amide bonds. The number of aryl methyl sites for hydroxylation is 1. The van der Waals surface area contributed by atoms with Crippen LogP contribution in [0.25, 0.3) is 11.6 Å². The van der Waals surface area contributed by atoms with Gasteiger partial charge in [0.25, 0.3) is 0 Å². The minimum atomic E-state index is 0.397. The minimum Gasteiger partial charge on any atom is -0.461 e. The van der Waals surface area contributed by atoms with Gasteiger partial charge in [0, 0.05) is 13.2 Å². The molecule has 0 aromatic carbocycles. The molecule has 0 saturated carbocycles. The molecule has 0 aliphatic rings.